The molecule has 5 heteroatoms. The Hall–Kier alpha value is -0.130. The third-order valence-corrected chi connectivity index (χ3v) is 1.43. The van der Waals surface area contributed by atoms with Crippen molar-refractivity contribution in [3.05, 3.63) is 0 Å². The van der Waals surface area contributed by atoms with E-state index in [4.69, 9.17) is 4.55 Å². The normalized spacial score (nSPS) is 15.4. The third-order valence-electron chi connectivity index (χ3n) is 0.861. The summed E-state index contributed by atoms with van der Waals surface area (Å²) in [6.07, 6.45) is 0.111. The predicted molar refractivity (Wildman–Crippen MR) is 32.4 cm³/mol. The Labute approximate surface area is 54.8 Å². The van der Waals surface area contributed by atoms with Crippen LogP contribution >= 0.6 is 0 Å². The van der Waals surface area contributed by atoms with E-state index in [0.29, 0.717) is 6.42 Å². The second kappa shape index (κ2) is 3.14. The van der Waals surface area contributed by atoms with Crippen molar-refractivity contribution in [2.45, 2.75) is 26.4 Å². The molecular weight excluding hydrogens is 144 g/mol. The van der Waals surface area contributed by atoms with E-state index in [1.807, 2.05) is 0 Å². The Morgan fingerprint density at radius 3 is 2.22 bits per heavy atom. The monoisotopic (exact) mass is 154 g/mol. The molecule has 0 fully saturated rings. The SMILES string of the molecule is CC[C@H](C)OS(=O)(=O)O. The predicted octanol–water partition coefficient (Wildman–Crippen LogP) is 0.604. The molecule has 0 aromatic heterocycles. The molecule has 56 valence electrons. The maximum absolute atomic E-state index is 9.93. The minimum absolute atomic E-state index is 0.444. The lowest BCUT2D eigenvalue weighted by molar-refractivity contribution is 0.194. The molecule has 0 heterocycles. The van der Waals surface area contributed by atoms with Crippen LogP contribution in [0.15, 0.2) is 0 Å². The van der Waals surface area contributed by atoms with Crippen LogP contribution in [0.1, 0.15) is 20.3 Å². The van der Waals surface area contributed by atoms with E-state index in [-0.39, 0.29) is 0 Å². The molecule has 0 aliphatic heterocycles. The first-order chi connectivity index (χ1) is 3.95. The van der Waals surface area contributed by atoms with E-state index in [0.717, 1.165) is 0 Å². The maximum atomic E-state index is 9.93. The van der Waals surface area contributed by atoms with Crippen LogP contribution in [0.25, 0.3) is 0 Å². The average Bonchev–Trinajstić information content (AvgIpc) is 1.62. The number of hydrogen-bond donors (Lipinski definition) is 1. The minimum atomic E-state index is -4.24. The van der Waals surface area contributed by atoms with Gasteiger partial charge in [0.05, 0.1) is 6.10 Å². The zero-order chi connectivity index (χ0) is 7.49. The summed E-state index contributed by atoms with van der Waals surface area (Å²) in [4.78, 5) is 0. The second-order valence-corrected chi connectivity index (χ2v) is 2.79. The van der Waals surface area contributed by atoms with Gasteiger partial charge in [0.25, 0.3) is 0 Å². The molecule has 0 unspecified atom stereocenters. The Morgan fingerprint density at radius 2 is 2.11 bits per heavy atom. The van der Waals surface area contributed by atoms with E-state index >= 15 is 0 Å². The molecule has 0 amide bonds. The van der Waals surface area contributed by atoms with E-state index in [9.17, 15) is 8.42 Å². The molecule has 4 nitrogen and oxygen atoms in total. The number of rotatable bonds is 3. The zero-order valence-corrected chi connectivity index (χ0v) is 6.18. The van der Waals surface area contributed by atoms with Gasteiger partial charge in [0.15, 0.2) is 0 Å². The molecule has 0 aliphatic rings. The molecule has 0 saturated carbocycles. The third kappa shape index (κ3) is 5.75. The quantitative estimate of drug-likeness (QED) is 0.605. The highest BCUT2D eigenvalue weighted by molar-refractivity contribution is 7.80. The van der Waals surface area contributed by atoms with Gasteiger partial charge >= 0.3 is 10.4 Å². The lowest BCUT2D eigenvalue weighted by atomic mass is 10.3. The molecule has 1 N–H and O–H groups in total. The summed E-state index contributed by atoms with van der Waals surface area (Å²) in [5.41, 5.74) is 0. The van der Waals surface area contributed by atoms with Crippen LogP contribution in [0.2, 0.25) is 0 Å². The van der Waals surface area contributed by atoms with Crippen LogP contribution in [0.4, 0.5) is 0 Å². The van der Waals surface area contributed by atoms with Gasteiger partial charge in [-0.25, -0.2) is 4.18 Å². The van der Waals surface area contributed by atoms with Gasteiger partial charge in [0, 0.05) is 0 Å². The smallest absolute Gasteiger partial charge is 0.264 e. The van der Waals surface area contributed by atoms with E-state index in [2.05, 4.69) is 4.18 Å². The summed E-state index contributed by atoms with van der Waals surface area (Å²) in [6, 6.07) is 0. The zero-order valence-electron chi connectivity index (χ0n) is 5.36. The van der Waals surface area contributed by atoms with Crippen molar-refractivity contribution in [3.63, 3.8) is 0 Å². The number of hydrogen-bond acceptors (Lipinski definition) is 3. The Kier molecular flexibility index (Phi) is 3.10. The summed E-state index contributed by atoms with van der Waals surface area (Å²) in [7, 11) is -4.24. The molecule has 0 radical (unpaired) electrons. The lowest BCUT2D eigenvalue weighted by Crippen LogP contribution is -2.12. The summed E-state index contributed by atoms with van der Waals surface area (Å²) in [6.45, 7) is 3.32. The molecule has 0 aliphatic carbocycles. The van der Waals surface area contributed by atoms with Gasteiger partial charge in [-0.1, -0.05) is 6.92 Å². The van der Waals surface area contributed by atoms with Crippen molar-refractivity contribution >= 4 is 10.4 Å². The van der Waals surface area contributed by atoms with Crippen LogP contribution in [-0.2, 0) is 14.6 Å². The molecule has 1 atom stereocenters. The Balaban J connectivity index is 3.75. The topological polar surface area (TPSA) is 63.6 Å². The van der Waals surface area contributed by atoms with Gasteiger partial charge in [0.1, 0.15) is 0 Å². The summed E-state index contributed by atoms with van der Waals surface area (Å²) < 4.78 is 32.1. The van der Waals surface area contributed by atoms with Gasteiger partial charge in [0.2, 0.25) is 0 Å². The summed E-state index contributed by atoms with van der Waals surface area (Å²) in [5, 5.41) is 0. The highest BCUT2D eigenvalue weighted by Crippen LogP contribution is 1.99. The Morgan fingerprint density at radius 1 is 1.67 bits per heavy atom. The van der Waals surface area contributed by atoms with Crippen LogP contribution in [0.3, 0.4) is 0 Å². The van der Waals surface area contributed by atoms with Crippen LogP contribution in [0, 0.1) is 0 Å². The molecule has 0 aromatic carbocycles. The van der Waals surface area contributed by atoms with Crippen molar-refractivity contribution in [3.8, 4) is 0 Å². The molecule has 9 heavy (non-hydrogen) atoms. The van der Waals surface area contributed by atoms with Gasteiger partial charge < -0.3 is 0 Å². The van der Waals surface area contributed by atoms with E-state index < -0.39 is 16.5 Å². The first-order valence-corrected chi connectivity index (χ1v) is 3.98. The van der Waals surface area contributed by atoms with Gasteiger partial charge in [-0.2, -0.15) is 8.42 Å². The Bertz CT molecular complexity index is 159. The first-order valence-electron chi connectivity index (χ1n) is 2.61. The van der Waals surface area contributed by atoms with Gasteiger partial charge in [-0.05, 0) is 13.3 Å². The lowest BCUT2D eigenvalue weighted by Gasteiger charge is -2.04. The fourth-order valence-electron chi connectivity index (χ4n) is 0.276. The molecule has 0 spiro atoms. The average molecular weight is 154 g/mol. The molecule has 0 saturated heterocycles. The molecule has 0 rings (SSSR count). The van der Waals surface area contributed by atoms with Crippen molar-refractivity contribution in [2.75, 3.05) is 0 Å². The summed E-state index contributed by atoms with van der Waals surface area (Å²) in [5.74, 6) is 0. The molecular formula is C4H10O4S. The van der Waals surface area contributed by atoms with Crippen molar-refractivity contribution in [1.82, 2.24) is 0 Å². The second-order valence-electron chi connectivity index (χ2n) is 1.74. The van der Waals surface area contributed by atoms with E-state index in [1.54, 1.807) is 13.8 Å². The van der Waals surface area contributed by atoms with Gasteiger partial charge in [-0.15, -0.1) is 0 Å². The highest BCUT2D eigenvalue weighted by Gasteiger charge is 2.08. The van der Waals surface area contributed by atoms with Crippen molar-refractivity contribution < 1.29 is 17.2 Å². The minimum Gasteiger partial charge on any atom is -0.264 e. The van der Waals surface area contributed by atoms with Crippen LogP contribution in [-0.4, -0.2) is 19.1 Å². The standard InChI is InChI=1S/C4H10O4S/c1-3-4(2)8-9(5,6)7/h4H,3H2,1-2H3,(H,5,6,7)/t4-/m0/s1. The largest absolute Gasteiger partial charge is 0.397 e. The summed E-state index contributed by atoms with van der Waals surface area (Å²) >= 11 is 0. The maximum Gasteiger partial charge on any atom is 0.397 e. The first kappa shape index (κ1) is 8.87. The fraction of sp³-hybridized carbons (Fsp3) is 1.00. The van der Waals surface area contributed by atoms with Crippen molar-refractivity contribution in [1.29, 1.82) is 0 Å². The molecule has 0 aromatic rings. The van der Waals surface area contributed by atoms with Crippen LogP contribution < -0.4 is 0 Å². The fourth-order valence-corrected chi connectivity index (χ4v) is 0.827. The van der Waals surface area contributed by atoms with Gasteiger partial charge in [-0.3, -0.25) is 4.55 Å². The highest BCUT2D eigenvalue weighted by atomic mass is 32.3. The van der Waals surface area contributed by atoms with Crippen LogP contribution in [0.5, 0.6) is 0 Å². The van der Waals surface area contributed by atoms with Crippen molar-refractivity contribution in [2.24, 2.45) is 0 Å². The van der Waals surface area contributed by atoms with E-state index in [1.165, 1.54) is 0 Å². The molecule has 0 bridgehead atoms.